The van der Waals surface area contributed by atoms with Gasteiger partial charge in [0, 0.05) is 51.7 Å². The number of aromatic nitrogens is 1. The second kappa shape index (κ2) is 6.99. The Morgan fingerprint density at radius 2 is 1.64 bits per heavy atom. The molecule has 1 aromatic carbocycles. The maximum Gasteiger partial charge on any atom is 0.123 e. The molecule has 2 aromatic rings. The van der Waals surface area contributed by atoms with E-state index in [0.29, 0.717) is 0 Å². The van der Waals surface area contributed by atoms with Crippen LogP contribution in [0, 0.1) is 12.7 Å². The quantitative estimate of drug-likeness (QED) is 0.865. The standard InChI is InChI=1S/C18H22FN3/c1-15-9-17(12-20-11-15)14-22-7-5-21(6-8-22)13-16-3-2-4-18(19)10-16/h2-4,9-12H,5-8,13-14H2,1H3. The van der Waals surface area contributed by atoms with E-state index in [9.17, 15) is 4.39 Å². The number of hydrogen-bond donors (Lipinski definition) is 0. The molecule has 0 saturated carbocycles. The zero-order valence-electron chi connectivity index (χ0n) is 13.0. The molecule has 1 saturated heterocycles. The molecule has 0 amide bonds. The van der Waals surface area contributed by atoms with Crippen LogP contribution in [-0.4, -0.2) is 41.0 Å². The summed E-state index contributed by atoms with van der Waals surface area (Å²) in [7, 11) is 0. The molecule has 116 valence electrons. The predicted molar refractivity (Wildman–Crippen MR) is 85.9 cm³/mol. The number of rotatable bonds is 4. The molecule has 1 aliphatic rings. The average molecular weight is 299 g/mol. The van der Waals surface area contributed by atoms with Gasteiger partial charge in [-0.25, -0.2) is 4.39 Å². The maximum absolute atomic E-state index is 13.2. The first-order valence-corrected chi connectivity index (χ1v) is 7.79. The summed E-state index contributed by atoms with van der Waals surface area (Å²) in [5.41, 5.74) is 3.54. The number of piperazine rings is 1. The topological polar surface area (TPSA) is 19.4 Å². The van der Waals surface area contributed by atoms with Crippen molar-refractivity contribution >= 4 is 0 Å². The van der Waals surface area contributed by atoms with Gasteiger partial charge in [-0.1, -0.05) is 18.2 Å². The lowest BCUT2D eigenvalue weighted by Gasteiger charge is -2.34. The van der Waals surface area contributed by atoms with E-state index in [1.54, 1.807) is 12.1 Å². The molecule has 2 heterocycles. The third-order valence-electron chi connectivity index (χ3n) is 4.10. The van der Waals surface area contributed by atoms with Crippen molar-refractivity contribution < 1.29 is 4.39 Å². The van der Waals surface area contributed by atoms with Crippen LogP contribution in [0.25, 0.3) is 0 Å². The first-order chi connectivity index (χ1) is 10.7. The minimum atomic E-state index is -0.150. The first kappa shape index (κ1) is 15.1. The van der Waals surface area contributed by atoms with Gasteiger partial charge >= 0.3 is 0 Å². The number of hydrogen-bond acceptors (Lipinski definition) is 3. The summed E-state index contributed by atoms with van der Waals surface area (Å²) in [6.07, 6.45) is 3.84. The minimum Gasteiger partial charge on any atom is -0.297 e. The van der Waals surface area contributed by atoms with E-state index < -0.39 is 0 Å². The molecule has 0 N–H and O–H groups in total. The van der Waals surface area contributed by atoms with E-state index in [-0.39, 0.29) is 5.82 Å². The van der Waals surface area contributed by atoms with Crippen molar-refractivity contribution in [3.63, 3.8) is 0 Å². The summed E-state index contributed by atoms with van der Waals surface area (Å²) >= 11 is 0. The van der Waals surface area contributed by atoms with Gasteiger partial charge in [-0.05, 0) is 35.7 Å². The van der Waals surface area contributed by atoms with Gasteiger partial charge in [-0.15, -0.1) is 0 Å². The predicted octanol–water partition coefficient (Wildman–Crippen LogP) is 2.85. The molecular weight excluding hydrogens is 277 g/mol. The molecule has 1 aromatic heterocycles. The van der Waals surface area contributed by atoms with E-state index in [0.717, 1.165) is 44.8 Å². The van der Waals surface area contributed by atoms with E-state index in [2.05, 4.69) is 27.8 Å². The Morgan fingerprint density at radius 1 is 0.955 bits per heavy atom. The number of benzene rings is 1. The van der Waals surface area contributed by atoms with Crippen LogP contribution in [0.4, 0.5) is 4.39 Å². The largest absolute Gasteiger partial charge is 0.297 e. The molecule has 1 fully saturated rings. The van der Waals surface area contributed by atoms with E-state index >= 15 is 0 Å². The summed E-state index contributed by atoms with van der Waals surface area (Å²) < 4.78 is 13.2. The number of aryl methyl sites for hydroxylation is 1. The van der Waals surface area contributed by atoms with Crippen molar-refractivity contribution in [2.45, 2.75) is 20.0 Å². The Labute approximate surface area is 131 Å². The highest BCUT2D eigenvalue weighted by molar-refractivity contribution is 5.17. The van der Waals surface area contributed by atoms with Crippen LogP contribution in [0.2, 0.25) is 0 Å². The summed E-state index contributed by atoms with van der Waals surface area (Å²) in [4.78, 5) is 9.10. The minimum absolute atomic E-state index is 0.150. The smallest absolute Gasteiger partial charge is 0.123 e. The van der Waals surface area contributed by atoms with Gasteiger partial charge < -0.3 is 0 Å². The highest BCUT2D eigenvalue weighted by Crippen LogP contribution is 2.12. The Bertz CT molecular complexity index is 566. The number of pyridine rings is 1. The van der Waals surface area contributed by atoms with Gasteiger partial charge in [0.25, 0.3) is 0 Å². The van der Waals surface area contributed by atoms with Crippen LogP contribution < -0.4 is 0 Å². The van der Waals surface area contributed by atoms with E-state index in [4.69, 9.17) is 0 Å². The monoisotopic (exact) mass is 299 g/mol. The number of nitrogens with zero attached hydrogens (tertiary/aromatic N) is 3. The lowest BCUT2D eigenvalue weighted by Crippen LogP contribution is -2.45. The maximum atomic E-state index is 13.2. The third kappa shape index (κ3) is 4.12. The second-order valence-corrected chi connectivity index (χ2v) is 6.05. The highest BCUT2D eigenvalue weighted by atomic mass is 19.1. The first-order valence-electron chi connectivity index (χ1n) is 7.79. The Balaban J connectivity index is 1.50. The zero-order valence-corrected chi connectivity index (χ0v) is 13.0. The van der Waals surface area contributed by atoms with Gasteiger partial charge in [0.15, 0.2) is 0 Å². The van der Waals surface area contributed by atoms with Crippen LogP contribution in [0.1, 0.15) is 16.7 Å². The van der Waals surface area contributed by atoms with E-state index in [1.165, 1.54) is 17.2 Å². The van der Waals surface area contributed by atoms with Crippen LogP contribution in [0.3, 0.4) is 0 Å². The van der Waals surface area contributed by atoms with E-state index in [1.807, 2.05) is 18.5 Å². The molecule has 4 heteroatoms. The van der Waals surface area contributed by atoms with Gasteiger partial charge in [-0.3, -0.25) is 14.8 Å². The van der Waals surface area contributed by atoms with Gasteiger partial charge in [0.05, 0.1) is 0 Å². The molecular formula is C18H22FN3. The number of halogens is 1. The van der Waals surface area contributed by atoms with Crippen LogP contribution in [0.15, 0.2) is 42.7 Å². The van der Waals surface area contributed by atoms with Crippen molar-refractivity contribution in [2.24, 2.45) is 0 Å². The zero-order chi connectivity index (χ0) is 15.4. The molecule has 0 spiro atoms. The molecule has 0 radical (unpaired) electrons. The van der Waals surface area contributed by atoms with Gasteiger partial charge in [-0.2, -0.15) is 0 Å². The molecule has 0 bridgehead atoms. The molecule has 3 rings (SSSR count). The Kier molecular flexibility index (Phi) is 4.80. The third-order valence-corrected chi connectivity index (χ3v) is 4.10. The van der Waals surface area contributed by atoms with Crippen LogP contribution in [-0.2, 0) is 13.1 Å². The van der Waals surface area contributed by atoms with Gasteiger partial charge in [0.2, 0.25) is 0 Å². The fourth-order valence-corrected chi connectivity index (χ4v) is 2.96. The van der Waals surface area contributed by atoms with Crippen molar-refractivity contribution in [1.82, 2.24) is 14.8 Å². The lowest BCUT2D eigenvalue weighted by molar-refractivity contribution is 0.122. The average Bonchev–Trinajstić information content (AvgIpc) is 2.49. The Morgan fingerprint density at radius 3 is 2.27 bits per heavy atom. The molecule has 0 atom stereocenters. The molecule has 0 aliphatic carbocycles. The van der Waals surface area contributed by atoms with Gasteiger partial charge in [0.1, 0.15) is 5.82 Å². The molecule has 0 unspecified atom stereocenters. The van der Waals surface area contributed by atoms with Crippen molar-refractivity contribution in [2.75, 3.05) is 26.2 Å². The second-order valence-electron chi connectivity index (χ2n) is 6.05. The molecule has 3 nitrogen and oxygen atoms in total. The SMILES string of the molecule is Cc1cncc(CN2CCN(Cc3cccc(F)c3)CC2)c1. The summed E-state index contributed by atoms with van der Waals surface area (Å²) in [6.45, 7) is 8.01. The van der Waals surface area contributed by atoms with Crippen molar-refractivity contribution in [3.8, 4) is 0 Å². The Hall–Kier alpha value is -1.78. The fraction of sp³-hybridized carbons (Fsp3) is 0.389. The van der Waals surface area contributed by atoms with Crippen LogP contribution >= 0.6 is 0 Å². The summed E-state index contributed by atoms with van der Waals surface area (Å²) in [5.74, 6) is -0.150. The summed E-state index contributed by atoms with van der Waals surface area (Å²) in [6, 6.07) is 9.10. The molecule has 22 heavy (non-hydrogen) atoms. The van der Waals surface area contributed by atoms with Crippen molar-refractivity contribution in [1.29, 1.82) is 0 Å². The van der Waals surface area contributed by atoms with Crippen molar-refractivity contribution in [3.05, 3.63) is 65.2 Å². The molecule has 1 aliphatic heterocycles. The normalized spacial score (nSPS) is 16.8. The lowest BCUT2D eigenvalue weighted by atomic mass is 10.1. The summed E-state index contributed by atoms with van der Waals surface area (Å²) in [5, 5.41) is 0. The highest BCUT2D eigenvalue weighted by Gasteiger charge is 2.17. The van der Waals surface area contributed by atoms with Crippen LogP contribution in [0.5, 0.6) is 0 Å². The fourth-order valence-electron chi connectivity index (χ4n) is 2.96.